The van der Waals surface area contributed by atoms with E-state index in [1.54, 1.807) is 48.0 Å². The lowest BCUT2D eigenvalue weighted by Gasteiger charge is -2.08. The van der Waals surface area contributed by atoms with Crippen LogP contribution in [-0.4, -0.2) is 21.4 Å². The van der Waals surface area contributed by atoms with E-state index in [0.29, 0.717) is 29.4 Å². The SMILES string of the molecule is CC(=O)Oc1ccc(Cn2c(C)c(C(=O)NCc3ccccn3)sc2=O)cc1. The molecule has 7 nitrogen and oxygen atoms in total. The Morgan fingerprint density at radius 3 is 2.57 bits per heavy atom. The zero-order valence-corrected chi connectivity index (χ0v) is 16.3. The third-order valence-corrected chi connectivity index (χ3v) is 5.11. The molecule has 0 saturated heterocycles. The van der Waals surface area contributed by atoms with Gasteiger partial charge in [0.25, 0.3) is 5.91 Å². The number of hydrogen-bond donors (Lipinski definition) is 1. The molecule has 3 rings (SSSR count). The molecular weight excluding hydrogens is 378 g/mol. The lowest BCUT2D eigenvalue weighted by atomic mass is 10.2. The first-order valence-electron chi connectivity index (χ1n) is 8.59. The molecule has 0 radical (unpaired) electrons. The molecule has 28 heavy (non-hydrogen) atoms. The second-order valence-electron chi connectivity index (χ2n) is 6.11. The molecular formula is C20H19N3O4S. The first-order chi connectivity index (χ1) is 13.4. The fourth-order valence-electron chi connectivity index (χ4n) is 2.63. The van der Waals surface area contributed by atoms with Gasteiger partial charge in [-0.2, -0.15) is 0 Å². The maximum Gasteiger partial charge on any atom is 0.308 e. The average molecular weight is 397 g/mol. The Morgan fingerprint density at radius 2 is 1.93 bits per heavy atom. The van der Waals surface area contributed by atoms with Crippen molar-refractivity contribution in [2.75, 3.05) is 0 Å². The number of nitrogens with one attached hydrogen (secondary N) is 1. The van der Waals surface area contributed by atoms with Gasteiger partial charge in [-0.3, -0.25) is 23.9 Å². The van der Waals surface area contributed by atoms with E-state index in [-0.39, 0.29) is 16.7 Å². The van der Waals surface area contributed by atoms with Gasteiger partial charge in [-0.05, 0) is 36.8 Å². The second-order valence-corrected chi connectivity index (χ2v) is 7.07. The van der Waals surface area contributed by atoms with Crippen LogP contribution >= 0.6 is 11.3 Å². The molecule has 3 aromatic rings. The van der Waals surface area contributed by atoms with Crippen LogP contribution in [0.15, 0.2) is 53.5 Å². The van der Waals surface area contributed by atoms with Gasteiger partial charge in [0.05, 0.1) is 18.8 Å². The number of carbonyl (C=O) groups excluding carboxylic acids is 2. The Hall–Kier alpha value is -3.26. The minimum atomic E-state index is -0.390. The van der Waals surface area contributed by atoms with Gasteiger partial charge in [-0.1, -0.05) is 29.5 Å². The Bertz CT molecular complexity index is 1040. The van der Waals surface area contributed by atoms with Crippen molar-refractivity contribution in [1.82, 2.24) is 14.9 Å². The minimum absolute atomic E-state index is 0.204. The van der Waals surface area contributed by atoms with Crippen LogP contribution in [0.25, 0.3) is 0 Å². The molecule has 1 N–H and O–H groups in total. The predicted octanol–water partition coefficient (Wildman–Crippen LogP) is 2.52. The van der Waals surface area contributed by atoms with Crippen molar-refractivity contribution in [1.29, 1.82) is 0 Å². The highest BCUT2D eigenvalue weighted by molar-refractivity contribution is 7.11. The summed E-state index contributed by atoms with van der Waals surface area (Å²) in [6.07, 6.45) is 1.66. The molecule has 1 amide bonds. The zero-order valence-electron chi connectivity index (χ0n) is 15.5. The van der Waals surface area contributed by atoms with Crippen molar-refractivity contribution in [3.05, 3.63) is 80.2 Å². The zero-order chi connectivity index (χ0) is 20.1. The smallest absolute Gasteiger partial charge is 0.308 e. The highest BCUT2D eigenvalue weighted by atomic mass is 32.1. The number of aromatic nitrogens is 2. The number of esters is 1. The van der Waals surface area contributed by atoms with Gasteiger partial charge in [0, 0.05) is 18.8 Å². The summed E-state index contributed by atoms with van der Waals surface area (Å²) in [5, 5.41) is 2.79. The standard InChI is InChI=1S/C20H19N3O4S/c1-13-18(19(25)22-11-16-5-3-4-10-21-16)28-20(26)23(13)12-15-6-8-17(9-7-15)27-14(2)24/h3-10H,11-12H2,1-2H3,(H,22,25). The van der Waals surface area contributed by atoms with Gasteiger partial charge in [0.1, 0.15) is 10.6 Å². The van der Waals surface area contributed by atoms with E-state index in [0.717, 1.165) is 22.6 Å². The molecule has 0 unspecified atom stereocenters. The van der Waals surface area contributed by atoms with Crippen LogP contribution in [0.2, 0.25) is 0 Å². The number of amides is 1. The minimum Gasteiger partial charge on any atom is -0.427 e. The van der Waals surface area contributed by atoms with Crippen LogP contribution in [0.1, 0.15) is 33.5 Å². The van der Waals surface area contributed by atoms with Crippen LogP contribution in [0.4, 0.5) is 0 Å². The fraction of sp³-hybridized carbons (Fsp3) is 0.200. The monoisotopic (exact) mass is 397 g/mol. The van der Waals surface area contributed by atoms with Crippen LogP contribution in [0.5, 0.6) is 5.75 Å². The molecule has 144 valence electrons. The van der Waals surface area contributed by atoms with E-state index < -0.39 is 0 Å². The van der Waals surface area contributed by atoms with Gasteiger partial charge in [0.15, 0.2) is 0 Å². The summed E-state index contributed by atoms with van der Waals surface area (Å²) in [5.41, 5.74) is 2.21. The third-order valence-electron chi connectivity index (χ3n) is 4.03. The molecule has 2 aromatic heterocycles. The molecule has 0 aliphatic rings. The van der Waals surface area contributed by atoms with Crippen LogP contribution in [-0.2, 0) is 17.9 Å². The molecule has 0 aliphatic carbocycles. The van der Waals surface area contributed by atoms with E-state index in [4.69, 9.17) is 4.74 Å². The molecule has 8 heteroatoms. The highest BCUT2D eigenvalue weighted by Crippen LogP contribution is 2.16. The van der Waals surface area contributed by atoms with Crippen molar-refractivity contribution >= 4 is 23.2 Å². The third kappa shape index (κ3) is 4.72. The Balaban J connectivity index is 1.71. The summed E-state index contributed by atoms with van der Waals surface area (Å²) in [6.45, 7) is 3.71. The normalized spacial score (nSPS) is 10.5. The Morgan fingerprint density at radius 1 is 1.18 bits per heavy atom. The summed E-state index contributed by atoms with van der Waals surface area (Å²) in [7, 11) is 0. The number of ether oxygens (including phenoxy) is 1. The van der Waals surface area contributed by atoms with Crippen molar-refractivity contribution < 1.29 is 14.3 Å². The Labute approximate surface area is 165 Å². The lowest BCUT2D eigenvalue weighted by molar-refractivity contribution is -0.131. The van der Waals surface area contributed by atoms with E-state index in [2.05, 4.69) is 10.3 Å². The number of rotatable bonds is 6. The highest BCUT2D eigenvalue weighted by Gasteiger charge is 2.17. The van der Waals surface area contributed by atoms with E-state index >= 15 is 0 Å². The quantitative estimate of drug-likeness (QED) is 0.510. The predicted molar refractivity (Wildman–Crippen MR) is 106 cm³/mol. The number of carbonyl (C=O) groups is 2. The summed E-state index contributed by atoms with van der Waals surface area (Å²) >= 11 is 0.921. The fourth-order valence-corrected chi connectivity index (χ4v) is 3.54. The average Bonchev–Trinajstić information content (AvgIpc) is 2.96. The van der Waals surface area contributed by atoms with Gasteiger partial charge in [0.2, 0.25) is 0 Å². The van der Waals surface area contributed by atoms with Crippen LogP contribution in [0.3, 0.4) is 0 Å². The van der Waals surface area contributed by atoms with Gasteiger partial charge >= 0.3 is 10.8 Å². The van der Waals surface area contributed by atoms with Crippen molar-refractivity contribution in [3.8, 4) is 5.75 Å². The van der Waals surface area contributed by atoms with E-state index in [9.17, 15) is 14.4 Å². The van der Waals surface area contributed by atoms with Crippen LogP contribution in [0, 0.1) is 6.92 Å². The largest absolute Gasteiger partial charge is 0.427 e. The molecule has 1 aromatic carbocycles. The van der Waals surface area contributed by atoms with Gasteiger partial charge < -0.3 is 10.1 Å². The van der Waals surface area contributed by atoms with Gasteiger partial charge in [-0.25, -0.2) is 0 Å². The number of thiazole rings is 1. The molecule has 0 atom stereocenters. The molecule has 0 bridgehead atoms. The summed E-state index contributed by atoms with van der Waals surface area (Å²) in [5.74, 6) is -0.242. The first-order valence-corrected chi connectivity index (χ1v) is 9.41. The van der Waals surface area contributed by atoms with Crippen molar-refractivity contribution in [2.45, 2.75) is 26.9 Å². The molecule has 0 spiro atoms. The first kappa shape index (κ1) is 19.5. The number of benzene rings is 1. The Kier molecular flexibility index (Phi) is 6.00. The summed E-state index contributed by atoms with van der Waals surface area (Å²) < 4.78 is 6.56. The molecule has 0 aliphatic heterocycles. The number of pyridine rings is 1. The maximum absolute atomic E-state index is 12.5. The molecule has 0 fully saturated rings. The summed E-state index contributed by atoms with van der Waals surface area (Å²) in [4.78, 5) is 40.2. The van der Waals surface area contributed by atoms with Crippen LogP contribution < -0.4 is 14.9 Å². The van der Waals surface area contributed by atoms with Crippen molar-refractivity contribution in [2.24, 2.45) is 0 Å². The number of hydrogen-bond acceptors (Lipinski definition) is 6. The maximum atomic E-state index is 12.5. The van der Waals surface area contributed by atoms with Crippen molar-refractivity contribution in [3.63, 3.8) is 0 Å². The summed E-state index contributed by atoms with van der Waals surface area (Å²) in [6, 6.07) is 12.4. The van der Waals surface area contributed by atoms with E-state index in [1.165, 1.54) is 6.92 Å². The second kappa shape index (κ2) is 8.62. The molecule has 0 saturated carbocycles. The lowest BCUT2D eigenvalue weighted by Crippen LogP contribution is -2.23. The number of nitrogens with zero attached hydrogens (tertiary/aromatic N) is 2. The van der Waals surface area contributed by atoms with E-state index in [1.807, 2.05) is 12.1 Å². The topological polar surface area (TPSA) is 90.3 Å². The molecule has 2 heterocycles. The van der Waals surface area contributed by atoms with Gasteiger partial charge in [-0.15, -0.1) is 0 Å².